The average Bonchev–Trinajstić information content (AvgIpc) is 2.93. The number of ether oxygens (including phenoxy) is 1. The molecule has 9 heteroatoms. The Hall–Kier alpha value is -4.37. The highest BCUT2D eigenvalue weighted by atomic mass is 19.1. The molecule has 6 rings (SSSR count). The van der Waals surface area contributed by atoms with Gasteiger partial charge in [-0.1, -0.05) is 18.2 Å². The average molecular weight is 480 g/mol. The predicted octanol–water partition coefficient (Wildman–Crippen LogP) is 4.11. The molecule has 0 N–H and O–H groups in total. The highest BCUT2D eigenvalue weighted by molar-refractivity contribution is 5.87. The second-order valence-electron chi connectivity index (χ2n) is 8.50. The van der Waals surface area contributed by atoms with E-state index in [1.807, 2.05) is 30.6 Å². The molecule has 0 unspecified atom stereocenters. The van der Waals surface area contributed by atoms with Crippen LogP contribution in [0.15, 0.2) is 73.3 Å². The molecule has 8 nitrogen and oxygen atoms in total. The molecule has 0 aliphatic carbocycles. The first-order chi connectivity index (χ1) is 17.7. The molecule has 1 aromatic carbocycles. The van der Waals surface area contributed by atoms with Crippen molar-refractivity contribution in [1.82, 2.24) is 29.9 Å². The molecule has 0 atom stereocenters. The summed E-state index contributed by atoms with van der Waals surface area (Å²) in [5, 5.41) is 0. The molecule has 4 aromatic heterocycles. The minimum atomic E-state index is -0.342. The molecule has 5 aromatic rings. The van der Waals surface area contributed by atoms with Crippen molar-refractivity contribution in [3.05, 3.63) is 90.3 Å². The van der Waals surface area contributed by atoms with Crippen molar-refractivity contribution in [1.29, 1.82) is 0 Å². The number of halogens is 1. The van der Waals surface area contributed by atoms with Crippen LogP contribution in [0.4, 0.5) is 10.2 Å². The fourth-order valence-electron chi connectivity index (χ4n) is 4.24. The van der Waals surface area contributed by atoms with E-state index >= 15 is 0 Å². The van der Waals surface area contributed by atoms with Gasteiger partial charge in [-0.15, -0.1) is 0 Å². The molecule has 0 spiro atoms. The molecule has 1 aliphatic rings. The number of aromatic nitrogens is 6. The van der Waals surface area contributed by atoms with E-state index < -0.39 is 0 Å². The van der Waals surface area contributed by atoms with Crippen molar-refractivity contribution in [2.45, 2.75) is 6.42 Å². The van der Waals surface area contributed by atoms with Crippen LogP contribution >= 0.6 is 0 Å². The third kappa shape index (κ3) is 4.60. The first kappa shape index (κ1) is 22.1. The van der Waals surface area contributed by atoms with Gasteiger partial charge in [-0.25, -0.2) is 24.3 Å². The quantitative estimate of drug-likeness (QED) is 0.372. The summed E-state index contributed by atoms with van der Waals surface area (Å²) in [5.74, 6) is 1.28. The van der Waals surface area contributed by atoms with E-state index in [2.05, 4.69) is 19.9 Å². The van der Waals surface area contributed by atoms with Crippen molar-refractivity contribution in [2.24, 2.45) is 0 Å². The van der Waals surface area contributed by atoms with Crippen LogP contribution < -0.4 is 4.90 Å². The summed E-state index contributed by atoms with van der Waals surface area (Å²) in [6.45, 7) is 2.67. The molecule has 1 fully saturated rings. The van der Waals surface area contributed by atoms with E-state index in [-0.39, 0.29) is 5.82 Å². The minimum absolute atomic E-state index is 0.342. The molecule has 0 bridgehead atoms. The maximum absolute atomic E-state index is 13.8. The van der Waals surface area contributed by atoms with E-state index in [1.165, 1.54) is 12.1 Å². The van der Waals surface area contributed by atoms with E-state index in [9.17, 15) is 4.39 Å². The zero-order valence-electron chi connectivity index (χ0n) is 19.4. The number of nitrogens with zero attached hydrogens (tertiary/aromatic N) is 7. The maximum Gasteiger partial charge on any atom is 0.181 e. The third-order valence-corrected chi connectivity index (χ3v) is 5.98. The lowest BCUT2D eigenvalue weighted by Gasteiger charge is -2.28. The van der Waals surface area contributed by atoms with Gasteiger partial charge in [0, 0.05) is 49.9 Å². The SMILES string of the molecule is Fc1cccc(-c2nccc(-c3nc(N4CCOCC4)c4ncc(Cc5cccnc5)cc4n3)n2)c1. The van der Waals surface area contributed by atoms with Gasteiger partial charge in [0.25, 0.3) is 0 Å². The number of benzene rings is 1. The largest absolute Gasteiger partial charge is 0.378 e. The van der Waals surface area contributed by atoms with Gasteiger partial charge >= 0.3 is 0 Å². The second kappa shape index (κ2) is 9.71. The molecule has 36 heavy (non-hydrogen) atoms. The first-order valence-corrected chi connectivity index (χ1v) is 11.7. The lowest BCUT2D eigenvalue weighted by Crippen LogP contribution is -2.37. The van der Waals surface area contributed by atoms with Crippen LogP contribution in [0.2, 0.25) is 0 Å². The lowest BCUT2D eigenvalue weighted by atomic mass is 10.1. The first-order valence-electron chi connectivity index (χ1n) is 11.7. The monoisotopic (exact) mass is 479 g/mol. The number of rotatable bonds is 5. The Morgan fingerprint density at radius 1 is 0.833 bits per heavy atom. The van der Waals surface area contributed by atoms with Crippen LogP contribution in [0.5, 0.6) is 0 Å². The maximum atomic E-state index is 13.8. The molecular weight excluding hydrogens is 457 g/mol. The molecule has 5 heterocycles. The predicted molar refractivity (Wildman–Crippen MR) is 134 cm³/mol. The van der Waals surface area contributed by atoms with Crippen LogP contribution in [0, 0.1) is 5.82 Å². The summed E-state index contributed by atoms with van der Waals surface area (Å²) < 4.78 is 19.3. The van der Waals surface area contributed by atoms with E-state index in [1.54, 1.807) is 30.6 Å². The van der Waals surface area contributed by atoms with Crippen molar-refractivity contribution >= 4 is 16.9 Å². The number of hydrogen-bond acceptors (Lipinski definition) is 8. The van der Waals surface area contributed by atoms with Gasteiger partial charge in [0.15, 0.2) is 17.5 Å². The van der Waals surface area contributed by atoms with Crippen LogP contribution in [0.3, 0.4) is 0 Å². The number of anilines is 1. The van der Waals surface area contributed by atoms with Gasteiger partial charge in [0.05, 0.1) is 18.7 Å². The fraction of sp³-hybridized carbons (Fsp3) is 0.185. The summed E-state index contributed by atoms with van der Waals surface area (Å²) >= 11 is 0. The van der Waals surface area contributed by atoms with Gasteiger partial charge in [0.2, 0.25) is 0 Å². The molecule has 0 radical (unpaired) electrons. The normalized spacial score (nSPS) is 13.8. The summed E-state index contributed by atoms with van der Waals surface area (Å²) in [4.78, 5) is 29.9. The van der Waals surface area contributed by atoms with Crippen molar-refractivity contribution in [3.8, 4) is 22.9 Å². The smallest absolute Gasteiger partial charge is 0.181 e. The van der Waals surface area contributed by atoms with Gasteiger partial charge in [-0.05, 0) is 41.5 Å². The Balaban J connectivity index is 1.46. The Morgan fingerprint density at radius 2 is 1.75 bits per heavy atom. The van der Waals surface area contributed by atoms with E-state index in [0.29, 0.717) is 55.6 Å². The molecule has 178 valence electrons. The standard InChI is InChI=1S/C27H22FN7O/c28-21-5-1-4-20(15-21)25-30-8-6-22(32-25)26-33-23-14-19(13-18-3-2-7-29-16-18)17-31-24(23)27(34-26)35-9-11-36-12-10-35/h1-8,14-17H,9-13H2. The number of morpholine rings is 1. The van der Waals surface area contributed by atoms with Crippen LogP contribution in [-0.4, -0.2) is 56.2 Å². The van der Waals surface area contributed by atoms with Crippen molar-refractivity contribution < 1.29 is 9.13 Å². The zero-order chi connectivity index (χ0) is 24.3. The molecule has 1 aliphatic heterocycles. The minimum Gasteiger partial charge on any atom is -0.378 e. The Labute approximate surface area is 206 Å². The summed E-state index contributed by atoms with van der Waals surface area (Å²) in [7, 11) is 0. The number of fused-ring (bicyclic) bond motifs is 1. The highest BCUT2D eigenvalue weighted by Gasteiger charge is 2.20. The van der Waals surface area contributed by atoms with Gasteiger partial charge < -0.3 is 9.64 Å². The highest BCUT2D eigenvalue weighted by Crippen LogP contribution is 2.28. The van der Waals surface area contributed by atoms with Gasteiger partial charge in [-0.2, -0.15) is 0 Å². The lowest BCUT2D eigenvalue weighted by molar-refractivity contribution is 0.122. The summed E-state index contributed by atoms with van der Waals surface area (Å²) in [6.07, 6.45) is 7.82. The second-order valence-corrected chi connectivity index (χ2v) is 8.50. The Kier molecular flexibility index (Phi) is 5.96. The van der Waals surface area contributed by atoms with E-state index in [4.69, 9.17) is 19.7 Å². The number of pyridine rings is 2. The van der Waals surface area contributed by atoms with Crippen molar-refractivity contribution in [2.75, 3.05) is 31.2 Å². The van der Waals surface area contributed by atoms with E-state index in [0.717, 1.165) is 28.0 Å². The molecule has 0 amide bonds. The summed E-state index contributed by atoms with van der Waals surface area (Å²) in [5.41, 5.74) is 4.72. The zero-order valence-corrected chi connectivity index (χ0v) is 19.4. The third-order valence-electron chi connectivity index (χ3n) is 5.98. The Morgan fingerprint density at radius 3 is 2.58 bits per heavy atom. The molecule has 0 saturated carbocycles. The topological polar surface area (TPSA) is 89.8 Å². The molecule has 1 saturated heterocycles. The van der Waals surface area contributed by atoms with Crippen molar-refractivity contribution in [3.63, 3.8) is 0 Å². The van der Waals surface area contributed by atoms with Gasteiger partial charge in [-0.3, -0.25) is 9.97 Å². The fourth-order valence-corrected chi connectivity index (χ4v) is 4.24. The van der Waals surface area contributed by atoms with Crippen LogP contribution in [-0.2, 0) is 11.2 Å². The van der Waals surface area contributed by atoms with Gasteiger partial charge in [0.1, 0.15) is 17.0 Å². The summed E-state index contributed by atoms with van der Waals surface area (Å²) in [6, 6.07) is 14.0. The van der Waals surface area contributed by atoms with Crippen LogP contribution in [0.25, 0.3) is 33.9 Å². The molecular formula is C27H22FN7O. The number of hydrogen-bond donors (Lipinski definition) is 0. The Bertz CT molecular complexity index is 1520. The van der Waals surface area contributed by atoms with Crippen LogP contribution in [0.1, 0.15) is 11.1 Å².